The zero-order chi connectivity index (χ0) is 14.0. The summed E-state index contributed by atoms with van der Waals surface area (Å²) in [6.07, 6.45) is 2.50. The molecule has 2 N–H and O–H groups in total. The lowest BCUT2D eigenvalue weighted by Gasteiger charge is -2.21. The highest BCUT2D eigenvalue weighted by molar-refractivity contribution is 7.89. The van der Waals surface area contributed by atoms with Crippen molar-refractivity contribution in [3.05, 3.63) is 0 Å². The first-order valence-electron chi connectivity index (χ1n) is 6.33. The van der Waals surface area contributed by atoms with Gasteiger partial charge in [-0.15, -0.1) is 0 Å². The van der Waals surface area contributed by atoms with Crippen LogP contribution in [-0.4, -0.2) is 31.3 Å². The van der Waals surface area contributed by atoms with Crippen LogP contribution in [-0.2, 0) is 14.8 Å². The molecule has 106 valence electrons. The number of hydrogen-bond donors (Lipinski definition) is 2. The van der Waals surface area contributed by atoms with Crippen molar-refractivity contribution in [1.29, 1.82) is 0 Å². The number of hydrogen-bond acceptors (Lipinski definition) is 3. The molecule has 0 aromatic rings. The standard InChI is InChI=1S/C12H23NO4S/c1-12(2,3)7-8-18(16,17)13-10-6-4-5-9(10)11(14)15/h9-10,13H,4-8H2,1-3H3,(H,14,15). The minimum absolute atomic E-state index is 0.0450. The predicted octanol–water partition coefficient (Wildman–Crippen LogP) is 1.60. The summed E-state index contributed by atoms with van der Waals surface area (Å²) in [7, 11) is -3.38. The van der Waals surface area contributed by atoms with Crippen molar-refractivity contribution in [1.82, 2.24) is 4.72 Å². The molecule has 0 amide bonds. The van der Waals surface area contributed by atoms with Crippen molar-refractivity contribution in [3.63, 3.8) is 0 Å². The smallest absolute Gasteiger partial charge is 0.308 e. The van der Waals surface area contributed by atoms with Gasteiger partial charge in [0.15, 0.2) is 0 Å². The highest BCUT2D eigenvalue weighted by atomic mass is 32.2. The van der Waals surface area contributed by atoms with Crippen LogP contribution in [0, 0.1) is 11.3 Å². The van der Waals surface area contributed by atoms with E-state index in [1.807, 2.05) is 20.8 Å². The third-order valence-corrected chi connectivity index (χ3v) is 4.69. The summed E-state index contributed by atoms with van der Waals surface area (Å²) in [4.78, 5) is 11.0. The summed E-state index contributed by atoms with van der Waals surface area (Å²) in [5.41, 5.74) is -0.0450. The Kier molecular flexibility index (Phi) is 4.78. The first-order chi connectivity index (χ1) is 8.11. The number of carboxylic acids is 1. The first-order valence-corrected chi connectivity index (χ1v) is 7.99. The Balaban J connectivity index is 2.57. The second-order valence-electron chi connectivity index (χ2n) is 6.23. The molecule has 1 fully saturated rings. The summed E-state index contributed by atoms with van der Waals surface area (Å²) in [6.45, 7) is 5.95. The Morgan fingerprint density at radius 3 is 2.44 bits per heavy atom. The Hall–Kier alpha value is -0.620. The van der Waals surface area contributed by atoms with Gasteiger partial charge in [0.25, 0.3) is 0 Å². The van der Waals surface area contributed by atoms with Crippen LogP contribution in [0.2, 0.25) is 0 Å². The van der Waals surface area contributed by atoms with Crippen LogP contribution >= 0.6 is 0 Å². The molecule has 0 heterocycles. The lowest BCUT2D eigenvalue weighted by atomic mass is 9.94. The summed E-state index contributed by atoms with van der Waals surface area (Å²) < 4.78 is 26.3. The van der Waals surface area contributed by atoms with E-state index in [1.165, 1.54) is 0 Å². The molecule has 0 radical (unpaired) electrons. The maximum atomic E-state index is 11.9. The lowest BCUT2D eigenvalue weighted by Crippen LogP contribution is -2.41. The number of aliphatic carboxylic acids is 1. The van der Waals surface area contributed by atoms with Crippen LogP contribution in [0.25, 0.3) is 0 Å². The summed E-state index contributed by atoms with van der Waals surface area (Å²) >= 11 is 0. The summed E-state index contributed by atoms with van der Waals surface area (Å²) in [5.74, 6) is -1.43. The summed E-state index contributed by atoms with van der Waals surface area (Å²) in [6, 6.07) is -0.438. The van der Waals surface area contributed by atoms with Gasteiger partial charge in [0.2, 0.25) is 10.0 Å². The Morgan fingerprint density at radius 2 is 1.94 bits per heavy atom. The second kappa shape index (κ2) is 5.57. The highest BCUT2D eigenvalue weighted by Gasteiger charge is 2.35. The molecule has 2 atom stereocenters. The Morgan fingerprint density at radius 1 is 1.33 bits per heavy atom. The van der Waals surface area contributed by atoms with E-state index in [9.17, 15) is 13.2 Å². The Bertz CT molecular complexity index is 397. The van der Waals surface area contributed by atoms with Gasteiger partial charge in [-0.05, 0) is 24.7 Å². The van der Waals surface area contributed by atoms with Crippen molar-refractivity contribution in [2.75, 3.05) is 5.75 Å². The molecule has 0 aromatic heterocycles. The molecular weight excluding hydrogens is 254 g/mol. The van der Waals surface area contributed by atoms with Gasteiger partial charge in [0.1, 0.15) is 0 Å². The van der Waals surface area contributed by atoms with Gasteiger partial charge in [-0.3, -0.25) is 4.79 Å². The van der Waals surface area contributed by atoms with Crippen LogP contribution in [0.15, 0.2) is 0 Å². The van der Waals surface area contributed by atoms with E-state index in [0.29, 0.717) is 19.3 Å². The van der Waals surface area contributed by atoms with E-state index in [4.69, 9.17) is 5.11 Å². The maximum Gasteiger partial charge on any atom is 0.308 e. The van der Waals surface area contributed by atoms with Crippen molar-refractivity contribution in [3.8, 4) is 0 Å². The van der Waals surface area contributed by atoms with Crippen LogP contribution in [0.1, 0.15) is 46.5 Å². The monoisotopic (exact) mass is 277 g/mol. The number of nitrogens with one attached hydrogen (secondary N) is 1. The van der Waals surface area contributed by atoms with Crippen molar-refractivity contribution in [2.24, 2.45) is 11.3 Å². The fourth-order valence-electron chi connectivity index (χ4n) is 2.13. The van der Waals surface area contributed by atoms with E-state index in [2.05, 4.69) is 4.72 Å². The number of carboxylic acid groups (broad SMARTS) is 1. The molecule has 6 heteroatoms. The molecule has 1 saturated carbocycles. The van der Waals surface area contributed by atoms with Crippen molar-refractivity contribution < 1.29 is 18.3 Å². The van der Waals surface area contributed by atoms with Gasteiger partial charge in [0, 0.05) is 6.04 Å². The van der Waals surface area contributed by atoms with E-state index in [-0.39, 0.29) is 11.2 Å². The third-order valence-electron chi connectivity index (χ3n) is 3.28. The minimum Gasteiger partial charge on any atom is -0.481 e. The molecule has 5 nitrogen and oxygen atoms in total. The van der Waals surface area contributed by atoms with Crippen LogP contribution in [0.5, 0.6) is 0 Å². The minimum atomic E-state index is -3.38. The van der Waals surface area contributed by atoms with Gasteiger partial charge in [0.05, 0.1) is 11.7 Å². The molecule has 0 aromatic carbocycles. The van der Waals surface area contributed by atoms with E-state index in [0.717, 1.165) is 6.42 Å². The number of rotatable bonds is 5. The maximum absolute atomic E-state index is 11.9. The molecule has 18 heavy (non-hydrogen) atoms. The van der Waals surface area contributed by atoms with Gasteiger partial charge in [-0.2, -0.15) is 0 Å². The fraction of sp³-hybridized carbons (Fsp3) is 0.917. The molecule has 1 aliphatic carbocycles. The SMILES string of the molecule is CC(C)(C)CCS(=O)(=O)NC1CCCC1C(=O)O. The van der Waals surface area contributed by atoms with Crippen molar-refractivity contribution >= 4 is 16.0 Å². The van der Waals surface area contributed by atoms with Gasteiger partial charge < -0.3 is 5.11 Å². The zero-order valence-electron chi connectivity index (χ0n) is 11.3. The Labute approximate surface area is 109 Å². The van der Waals surface area contributed by atoms with E-state index >= 15 is 0 Å². The van der Waals surface area contributed by atoms with Crippen LogP contribution in [0.4, 0.5) is 0 Å². The van der Waals surface area contributed by atoms with Crippen LogP contribution in [0.3, 0.4) is 0 Å². The second-order valence-corrected chi connectivity index (χ2v) is 8.10. The lowest BCUT2D eigenvalue weighted by molar-refractivity contribution is -0.141. The predicted molar refractivity (Wildman–Crippen MR) is 69.8 cm³/mol. The van der Waals surface area contributed by atoms with Gasteiger partial charge in [-0.1, -0.05) is 27.2 Å². The molecule has 1 rings (SSSR count). The quantitative estimate of drug-likeness (QED) is 0.799. The third kappa shape index (κ3) is 4.94. The average molecular weight is 277 g/mol. The molecule has 0 bridgehead atoms. The average Bonchev–Trinajstić information content (AvgIpc) is 2.61. The molecule has 0 saturated heterocycles. The van der Waals surface area contributed by atoms with Crippen molar-refractivity contribution in [2.45, 2.75) is 52.5 Å². The van der Waals surface area contributed by atoms with Gasteiger partial charge in [-0.25, -0.2) is 13.1 Å². The molecule has 0 spiro atoms. The number of carbonyl (C=O) groups is 1. The van der Waals surface area contributed by atoms with E-state index in [1.54, 1.807) is 0 Å². The fourth-order valence-corrected chi connectivity index (χ4v) is 3.87. The van der Waals surface area contributed by atoms with E-state index < -0.39 is 28.0 Å². The normalized spacial score (nSPS) is 25.3. The van der Waals surface area contributed by atoms with Gasteiger partial charge >= 0.3 is 5.97 Å². The topological polar surface area (TPSA) is 83.5 Å². The first kappa shape index (κ1) is 15.4. The molecule has 2 unspecified atom stereocenters. The largest absolute Gasteiger partial charge is 0.481 e. The molecular formula is C12H23NO4S. The highest BCUT2D eigenvalue weighted by Crippen LogP contribution is 2.27. The molecule has 0 aliphatic heterocycles. The zero-order valence-corrected chi connectivity index (χ0v) is 12.1. The number of sulfonamides is 1. The van der Waals surface area contributed by atoms with Crippen LogP contribution < -0.4 is 4.72 Å². The summed E-state index contributed by atoms with van der Waals surface area (Å²) in [5, 5.41) is 9.00. The molecule has 1 aliphatic rings.